The van der Waals surface area contributed by atoms with Gasteiger partial charge in [0.2, 0.25) is 0 Å². The fraction of sp³-hybridized carbons (Fsp3) is 0.789. The minimum Gasteiger partial charge on any atom is -0.385 e. The van der Waals surface area contributed by atoms with Crippen LogP contribution in [-0.2, 0) is 4.74 Å². The van der Waals surface area contributed by atoms with E-state index < -0.39 is 0 Å². The molecule has 0 N–H and O–H groups in total. The van der Waals surface area contributed by atoms with Crippen LogP contribution in [0.3, 0.4) is 0 Å². The van der Waals surface area contributed by atoms with Gasteiger partial charge in [-0.3, -0.25) is 0 Å². The molecular weight excluding hydrogens is 244 g/mol. The van der Waals surface area contributed by atoms with Crippen molar-refractivity contribution in [3.05, 3.63) is 25.3 Å². The zero-order chi connectivity index (χ0) is 15.3. The summed E-state index contributed by atoms with van der Waals surface area (Å²) >= 11 is 0. The first-order chi connectivity index (χ1) is 9.83. The zero-order valence-corrected chi connectivity index (χ0v) is 14.2. The van der Waals surface area contributed by atoms with Crippen LogP contribution in [-0.4, -0.2) is 13.7 Å². The third-order valence-corrected chi connectivity index (χ3v) is 3.27. The fourth-order valence-electron chi connectivity index (χ4n) is 1.96. The number of hydrogen-bond donors (Lipinski definition) is 0. The molecule has 0 amide bonds. The van der Waals surface area contributed by atoms with E-state index in [4.69, 9.17) is 4.74 Å². The predicted octanol–water partition coefficient (Wildman–Crippen LogP) is 6.69. The lowest BCUT2D eigenvalue weighted by molar-refractivity contribution is 0.192. The highest BCUT2D eigenvalue weighted by atomic mass is 16.5. The highest BCUT2D eigenvalue weighted by Crippen LogP contribution is 2.06. The Balaban J connectivity index is 0. The summed E-state index contributed by atoms with van der Waals surface area (Å²) < 4.78 is 4.93. The largest absolute Gasteiger partial charge is 0.385 e. The standard InChI is InChI=1S/C10H20.C9H18O/c1-3-5-7-9-10-8-6-4-2;1-3-4-5-6-7-8-9-10-2/h3H,1,4-10H2,2H3;3H,1,4-9H2,2H3. The Morgan fingerprint density at radius 3 is 1.60 bits per heavy atom. The van der Waals surface area contributed by atoms with Crippen LogP contribution in [0.1, 0.15) is 84.0 Å². The summed E-state index contributed by atoms with van der Waals surface area (Å²) in [5.41, 5.74) is 0. The molecule has 20 heavy (non-hydrogen) atoms. The number of ether oxygens (including phenoxy) is 1. The Morgan fingerprint density at radius 2 is 1.15 bits per heavy atom. The topological polar surface area (TPSA) is 9.23 Å². The summed E-state index contributed by atoms with van der Waals surface area (Å²) in [5, 5.41) is 0. The summed E-state index contributed by atoms with van der Waals surface area (Å²) in [6.45, 7) is 10.5. The van der Waals surface area contributed by atoms with Gasteiger partial charge in [0.05, 0.1) is 0 Å². The SMILES string of the molecule is C=CCCCCCCCC.C=CCCCCCCOC. The lowest BCUT2D eigenvalue weighted by Crippen LogP contribution is -1.87. The maximum Gasteiger partial charge on any atom is 0.0462 e. The average Bonchev–Trinajstić information content (AvgIpc) is 2.47. The Labute approximate surface area is 128 Å². The fourth-order valence-corrected chi connectivity index (χ4v) is 1.96. The van der Waals surface area contributed by atoms with E-state index in [1.807, 2.05) is 12.2 Å². The van der Waals surface area contributed by atoms with Gasteiger partial charge in [0.25, 0.3) is 0 Å². The molecule has 0 atom stereocenters. The van der Waals surface area contributed by atoms with Crippen LogP contribution in [0.4, 0.5) is 0 Å². The van der Waals surface area contributed by atoms with Crippen molar-refractivity contribution in [1.29, 1.82) is 0 Å². The molecule has 0 aromatic carbocycles. The van der Waals surface area contributed by atoms with E-state index in [0.29, 0.717) is 0 Å². The summed E-state index contributed by atoms with van der Waals surface area (Å²) in [7, 11) is 1.75. The molecule has 0 aliphatic rings. The molecule has 1 nitrogen and oxygen atoms in total. The minimum atomic E-state index is 0.911. The van der Waals surface area contributed by atoms with E-state index in [2.05, 4.69) is 20.1 Å². The van der Waals surface area contributed by atoms with Crippen molar-refractivity contribution in [2.45, 2.75) is 84.0 Å². The molecule has 0 saturated carbocycles. The number of unbranched alkanes of at least 4 members (excludes halogenated alkanes) is 10. The van der Waals surface area contributed by atoms with Gasteiger partial charge >= 0.3 is 0 Å². The molecule has 1 heteroatoms. The highest BCUT2D eigenvalue weighted by Gasteiger charge is 1.87. The normalized spacial score (nSPS) is 9.70. The van der Waals surface area contributed by atoms with E-state index >= 15 is 0 Å². The summed E-state index contributed by atoms with van der Waals surface area (Å²) in [4.78, 5) is 0. The van der Waals surface area contributed by atoms with Gasteiger partial charge in [-0.2, -0.15) is 0 Å². The van der Waals surface area contributed by atoms with E-state index in [-0.39, 0.29) is 0 Å². The van der Waals surface area contributed by atoms with Gasteiger partial charge in [0.15, 0.2) is 0 Å². The first-order valence-electron chi connectivity index (χ1n) is 8.54. The van der Waals surface area contributed by atoms with Gasteiger partial charge in [-0.1, -0.05) is 64.0 Å². The second-order valence-corrected chi connectivity index (χ2v) is 5.33. The van der Waals surface area contributed by atoms with E-state index in [1.54, 1.807) is 7.11 Å². The van der Waals surface area contributed by atoms with Gasteiger partial charge < -0.3 is 4.74 Å². The Bertz CT molecular complexity index is 155. The van der Waals surface area contributed by atoms with Crippen LogP contribution in [0.25, 0.3) is 0 Å². The molecule has 0 aromatic rings. The maximum absolute atomic E-state index is 4.93. The van der Waals surface area contributed by atoms with Crippen molar-refractivity contribution in [3.8, 4) is 0 Å². The molecule has 0 aromatic heterocycles. The minimum absolute atomic E-state index is 0.911. The van der Waals surface area contributed by atoms with Crippen molar-refractivity contribution in [1.82, 2.24) is 0 Å². The summed E-state index contributed by atoms with van der Waals surface area (Å²) in [5.74, 6) is 0. The number of methoxy groups -OCH3 is 1. The van der Waals surface area contributed by atoms with Crippen LogP contribution < -0.4 is 0 Å². The van der Waals surface area contributed by atoms with Crippen molar-refractivity contribution in [2.24, 2.45) is 0 Å². The molecule has 0 spiro atoms. The van der Waals surface area contributed by atoms with E-state index in [9.17, 15) is 0 Å². The lowest BCUT2D eigenvalue weighted by atomic mass is 10.1. The highest BCUT2D eigenvalue weighted by molar-refractivity contribution is 4.65. The van der Waals surface area contributed by atoms with Crippen molar-refractivity contribution < 1.29 is 4.74 Å². The van der Waals surface area contributed by atoms with Gasteiger partial charge in [0, 0.05) is 13.7 Å². The van der Waals surface area contributed by atoms with Crippen molar-refractivity contribution in [3.63, 3.8) is 0 Å². The molecule has 0 aliphatic heterocycles. The van der Waals surface area contributed by atoms with Crippen LogP contribution in [0.5, 0.6) is 0 Å². The first-order valence-corrected chi connectivity index (χ1v) is 8.54. The second-order valence-electron chi connectivity index (χ2n) is 5.33. The molecule has 0 heterocycles. The molecule has 0 bridgehead atoms. The monoisotopic (exact) mass is 282 g/mol. The van der Waals surface area contributed by atoms with Crippen molar-refractivity contribution in [2.75, 3.05) is 13.7 Å². The second kappa shape index (κ2) is 23.5. The smallest absolute Gasteiger partial charge is 0.0462 e. The molecule has 0 saturated heterocycles. The van der Waals surface area contributed by atoms with Gasteiger partial charge in [0.1, 0.15) is 0 Å². The van der Waals surface area contributed by atoms with E-state index in [0.717, 1.165) is 13.0 Å². The first kappa shape index (κ1) is 21.7. The van der Waals surface area contributed by atoms with Crippen LogP contribution in [0.15, 0.2) is 25.3 Å². The number of allylic oxidation sites excluding steroid dienone is 2. The summed E-state index contributed by atoms with van der Waals surface area (Å²) in [6.07, 6.45) is 19.8. The molecule has 0 unspecified atom stereocenters. The quantitative estimate of drug-likeness (QED) is 0.255. The zero-order valence-electron chi connectivity index (χ0n) is 14.2. The molecule has 0 rings (SSSR count). The molecular formula is C19H38O. The average molecular weight is 283 g/mol. The Kier molecular flexibility index (Phi) is 25.6. The number of hydrogen-bond acceptors (Lipinski definition) is 1. The number of rotatable bonds is 14. The Morgan fingerprint density at radius 1 is 0.700 bits per heavy atom. The summed E-state index contributed by atoms with van der Waals surface area (Å²) in [6, 6.07) is 0. The van der Waals surface area contributed by atoms with Gasteiger partial charge in [-0.05, 0) is 32.1 Å². The Hall–Kier alpha value is -0.560. The van der Waals surface area contributed by atoms with Crippen LogP contribution in [0, 0.1) is 0 Å². The van der Waals surface area contributed by atoms with Gasteiger partial charge in [-0.15, -0.1) is 13.2 Å². The van der Waals surface area contributed by atoms with Crippen LogP contribution in [0.2, 0.25) is 0 Å². The van der Waals surface area contributed by atoms with Crippen LogP contribution >= 0.6 is 0 Å². The maximum atomic E-state index is 4.93. The van der Waals surface area contributed by atoms with E-state index in [1.165, 1.54) is 70.6 Å². The van der Waals surface area contributed by atoms with Crippen molar-refractivity contribution >= 4 is 0 Å². The van der Waals surface area contributed by atoms with Gasteiger partial charge in [-0.25, -0.2) is 0 Å². The third kappa shape index (κ3) is 26.1. The predicted molar refractivity (Wildman–Crippen MR) is 93.3 cm³/mol. The molecule has 120 valence electrons. The lowest BCUT2D eigenvalue weighted by Gasteiger charge is -1.97. The third-order valence-electron chi connectivity index (χ3n) is 3.27. The molecule has 0 radical (unpaired) electrons. The molecule has 0 aliphatic carbocycles. The molecule has 0 fully saturated rings.